The molecule has 0 radical (unpaired) electrons. The van der Waals surface area contributed by atoms with Gasteiger partial charge in [0.15, 0.2) is 0 Å². The highest BCUT2D eigenvalue weighted by Gasteiger charge is 2.42. The van der Waals surface area contributed by atoms with E-state index in [0.717, 1.165) is 24.8 Å². The predicted molar refractivity (Wildman–Crippen MR) is 66.1 cm³/mol. The van der Waals surface area contributed by atoms with Gasteiger partial charge in [0.05, 0.1) is 4.90 Å². The monoisotopic (exact) mass is 249 g/mol. The molecule has 1 atom stereocenters. The van der Waals surface area contributed by atoms with Crippen LogP contribution in [0.5, 0.6) is 0 Å². The quantitative estimate of drug-likeness (QED) is 0.773. The van der Waals surface area contributed by atoms with Crippen molar-refractivity contribution in [1.82, 2.24) is 0 Å². The van der Waals surface area contributed by atoms with E-state index in [1.54, 1.807) is 24.3 Å². The molecular formula is C13H15NO2S. The second-order valence-electron chi connectivity index (χ2n) is 4.57. The lowest BCUT2D eigenvalue weighted by Crippen LogP contribution is -2.31. The topological polar surface area (TPSA) is 38.5 Å². The minimum absolute atomic E-state index is 0.0267. The van der Waals surface area contributed by atoms with Gasteiger partial charge in [0, 0.05) is 5.92 Å². The van der Waals surface area contributed by atoms with Crippen LogP contribution < -0.4 is 0 Å². The van der Waals surface area contributed by atoms with Gasteiger partial charge in [-0.3, -0.25) is 4.85 Å². The molecule has 0 unspecified atom stereocenters. The van der Waals surface area contributed by atoms with Gasteiger partial charge in [-0.2, -0.15) is 0 Å². The lowest BCUT2D eigenvalue weighted by Gasteiger charge is -2.25. The van der Waals surface area contributed by atoms with Crippen LogP contribution in [0.4, 0.5) is 0 Å². The van der Waals surface area contributed by atoms with Crippen molar-refractivity contribution in [3.63, 3.8) is 0 Å². The van der Waals surface area contributed by atoms with Crippen LogP contribution in [0.1, 0.15) is 24.8 Å². The summed E-state index contributed by atoms with van der Waals surface area (Å²) in [5.41, 5.74) is 1.02. The van der Waals surface area contributed by atoms with E-state index in [1.807, 2.05) is 6.92 Å². The summed E-state index contributed by atoms with van der Waals surface area (Å²) in [6, 6.07) is 6.74. The smallest absolute Gasteiger partial charge is 0.296 e. The molecule has 2 rings (SSSR count). The number of rotatable bonds is 3. The number of sulfone groups is 1. The third kappa shape index (κ3) is 2.20. The highest BCUT2D eigenvalue weighted by Crippen LogP contribution is 2.36. The third-order valence-electron chi connectivity index (χ3n) is 3.35. The Hall–Kier alpha value is -1.34. The number of hydrogen-bond acceptors (Lipinski definition) is 2. The SMILES string of the molecule is [C-]#[N+][C@@H](C1CCC1)S(=O)(=O)c1ccc(C)cc1. The Balaban J connectivity index is 2.34. The van der Waals surface area contributed by atoms with Crippen molar-refractivity contribution in [3.8, 4) is 0 Å². The second kappa shape index (κ2) is 4.50. The highest BCUT2D eigenvalue weighted by molar-refractivity contribution is 7.92. The van der Waals surface area contributed by atoms with Gasteiger partial charge in [-0.1, -0.05) is 24.1 Å². The van der Waals surface area contributed by atoms with E-state index in [0.29, 0.717) is 0 Å². The van der Waals surface area contributed by atoms with Crippen LogP contribution in [0.3, 0.4) is 0 Å². The molecule has 0 bridgehead atoms. The van der Waals surface area contributed by atoms with Gasteiger partial charge in [-0.15, -0.1) is 0 Å². The molecule has 1 saturated carbocycles. The molecule has 0 amide bonds. The van der Waals surface area contributed by atoms with E-state index in [4.69, 9.17) is 6.57 Å². The standard InChI is InChI=1S/C13H15NO2S/c1-10-6-8-12(9-7-10)17(15,16)13(14-2)11-4-3-5-11/h6-9,11,13H,3-5H2,1H3/t13-/m1/s1. The van der Waals surface area contributed by atoms with Gasteiger partial charge in [0.2, 0.25) is 0 Å². The Bertz CT molecular complexity index is 536. The van der Waals surface area contributed by atoms with Crippen molar-refractivity contribution in [1.29, 1.82) is 0 Å². The van der Waals surface area contributed by atoms with Gasteiger partial charge < -0.3 is 0 Å². The van der Waals surface area contributed by atoms with Crippen molar-refractivity contribution < 1.29 is 8.42 Å². The highest BCUT2D eigenvalue weighted by atomic mass is 32.2. The zero-order valence-corrected chi connectivity index (χ0v) is 10.6. The Kier molecular flexibility index (Phi) is 3.21. The second-order valence-corrected chi connectivity index (χ2v) is 6.61. The molecule has 1 aliphatic carbocycles. The summed E-state index contributed by atoms with van der Waals surface area (Å²) in [5.74, 6) is 0.0267. The van der Waals surface area contributed by atoms with E-state index in [2.05, 4.69) is 4.85 Å². The Morgan fingerprint density at radius 1 is 1.29 bits per heavy atom. The molecule has 17 heavy (non-hydrogen) atoms. The van der Waals surface area contributed by atoms with Gasteiger partial charge in [0.1, 0.15) is 0 Å². The van der Waals surface area contributed by atoms with E-state index < -0.39 is 15.2 Å². The molecule has 3 nitrogen and oxygen atoms in total. The van der Waals surface area contributed by atoms with E-state index in [9.17, 15) is 8.42 Å². The van der Waals surface area contributed by atoms with Crippen molar-refractivity contribution in [2.75, 3.05) is 0 Å². The van der Waals surface area contributed by atoms with Crippen LogP contribution in [0.15, 0.2) is 29.2 Å². The summed E-state index contributed by atoms with van der Waals surface area (Å²) in [4.78, 5) is 3.62. The number of hydrogen-bond donors (Lipinski definition) is 0. The molecule has 0 saturated heterocycles. The maximum absolute atomic E-state index is 12.3. The van der Waals surface area contributed by atoms with E-state index in [1.165, 1.54) is 0 Å². The lowest BCUT2D eigenvalue weighted by molar-refractivity contribution is 0.318. The first-order valence-electron chi connectivity index (χ1n) is 5.73. The normalized spacial score (nSPS) is 18.1. The molecule has 1 aromatic carbocycles. The number of benzene rings is 1. The third-order valence-corrected chi connectivity index (χ3v) is 5.40. The summed E-state index contributed by atoms with van der Waals surface area (Å²) in [6.45, 7) is 9.03. The number of aryl methyl sites for hydroxylation is 1. The minimum atomic E-state index is -3.48. The molecule has 0 heterocycles. The molecule has 1 aromatic rings. The summed E-state index contributed by atoms with van der Waals surface area (Å²) >= 11 is 0. The lowest BCUT2D eigenvalue weighted by atomic mass is 9.85. The maximum atomic E-state index is 12.3. The molecule has 1 aliphatic rings. The van der Waals surface area contributed by atoms with Crippen molar-refractivity contribution in [2.45, 2.75) is 36.5 Å². The first-order chi connectivity index (χ1) is 8.05. The molecule has 4 heteroatoms. The van der Waals surface area contributed by atoms with Crippen LogP contribution in [0.25, 0.3) is 4.85 Å². The molecular weight excluding hydrogens is 234 g/mol. The average Bonchev–Trinajstić information content (AvgIpc) is 2.23. The summed E-state index contributed by atoms with van der Waals surface area (Å²) < 4.78 is 24.6. The fourth-order valence-corrected chi connectivity index (χ4v) is 3.73. The van der Waals surface area contributed by atoms with Gasteiger partial charge in [-0.25, -0.2) is 15.0 Å². The van der Waals surface area contributed by atoms with Crippen LogP contribution in [0.2, 0.25) is 0 Å². The first kappa shape index (κ1) is 12.1. The van der Waals surface area contributed by atoms with Crippen LogP contribution in [-0.4, -0.2) is 13.8 Å². The molecule has 90 valence electrons. The van der Waals surface area contributed by atoms with E-state index in [-0.39, 0.29) is 10.8 Å². The fourth-order valence-electron chi connectivity index (χ4n) is 2.02. The minimum Gasteiger partial charge on any atom is -0.296 e. The summed E-state index contributed by atoms with van der Waals surface area (Å²) in [5, 5.41) is -0.890. The van der Waals surface area contributed by atoms with Crippen LogP contribution in [-0.2, 0) is 9.84 Å². The Morgan fingerprint density at radius 3 is 2.29 bits per heavy atom. The zero-order chi connectivity index (χ0) is 12.5. The molecule has 0 aliphatic heterocycles. The molecule has 1 fully saturated rings. The molecule has 0 spiro atoms. The van der Waals surface area contributed by atoms with Gasteiger partial charge in [0.25, 0.3) is 9.84 Å². The van der Waals surface area contributed by atoms with Crippen molar-refractivity contribution >= 4 is 9.84 Å². The Morgan fingerprint density at radius 2 is 1.88 bits per heavy atom. The van der Waals surface area contributed by atoms with Crippen LogP contribution >= 0.6 is 0 Å². The first-order valence-corrected chi connectivity index (χ1v) is 7.27. The van der Waals surface area contributed by atoms with Crippen molar-refractivity contribution in [2.24, 2.45) is 5.92 Å². The number of nitrogens with zero attached hydrogens (tertiary/aromatic N) is 1. The van der Waals surface area contributed by atoms with E-state index >= 15 is 0 Å². The summed E-state index contributed by atoms with van der Waals surface area (Å²) in [7, 11) is -3.48. The van der Waals surface area contributed by atoms with Crippen LogP contribution in [0, 0.1) is 19.4 Å². The average molecular weight is 249 g/mol. The summed E-state index contributed by atoms with van der Waals surface area (Å²) in [6.07, 6.45) is 2.76. The zero-order valence-electron chi connectivity index (χ0n) is 9.76. The van der Waals surface area contributed by atoms with Crippen molar-refractivity contribution in [3.05, 3.63) is 41.2 Å². The van der Waals surface area contributed by atoms with Gasteiger partial charge >= 0.3 is 5.37 Å². The maximum Gasteiger partial charge on any atom is 0.327 e. The molecule has 0 N–H and O–H groups in total. The fraction of sp³-hybridized carbons (Fsp3) is 0.462. The Labute approximate surface area is 102 Å². The largest absolute Gasteiger partial charge is 0.327 e. The predicted octanol–water partition coefficient (Wildman–Crippen LogP) is 2.81. The van der Waals surface area contributed by atoms with Gasteiger partial charge in [-0.05, 0) is 31.9 Å². The molecule has 0 aromatic heterocycles.